The maximum Gasteiger partial charge on any atom is 0.400 e. The lowest BCUT2D eigenvalue weighted by atomic mass is 10.1. The van der Waals surface area contributed by atoms with Crippen LogP contribution in [0.15, 0.2) is 12.1 Å². The van der Waals surface area contributed by atoms with Gasteiger partial charge in [0, 0.05) is 12.1 Å². The summed E-state index contributed by atoms with van der Waals surface area (Å²) >= 11 is 11.9. The highest BCUT2D eigenvalue weighted by atomic mass is 35.5. The summed E-state index contributed by atoms with van der Waals surface area (Å²) in [6.07, 6.45) is -3.55. The lowest BCUT2D eigenvalue weighted by Crippen LogP contribution is -2.50. The molecule has 1 aromatic carbocycles. The van der Waals surface area contributed by atoms with Crippen molar-refractivity contribution in [2.45, 2.75) is 38.0 Å². The van der Waals surface area contributed by atoms with Gasteiger partial charge in [-0.2, -0.15) is 13.2 Å². The fraction of sp³-hybridized carbons (Fsp3) is 0.467. The van der Waals surface area contributed by atoms with Gasteiger partial charge in [0.1, 0.15) is 6.04 Å². The highest BCUT2D eigenvalue weighted by molar-refractivity contribution is 6.42. The van der Waals surface area contributed by atoms with Crippen LogP contribution in [0.3, 0.4) is 0 Å². The molecule has 11 heteroatoms. The molecule has 1 aromatic rings. The number of amides is 1. The van der Waals surface area contributed by atoms with Crippen LogP contribution in [0.1, 0.15) is 18.9 Å². The molecule has 0 bridgehead atoms. The van der Waals surface area contributed by atoms with Crippen molar-refractivity contribution in [3.8, 4) is 0 Å². The number of aliphatic carboxylic acids is 1. The monoisotopic (exact) mass is 415 g/mol. The second-order valence-electron chi connectivity index (χ2n) is 5.50. The molecule has 0 spiro atoms. The zero-order chi connectivity index (χ0) is 20.2. The number of benzene rings is 1. The van der Waals surface area contributed by atoms with E-state index in [-0.39, 0.29) is 11.4 Å². The quantitative estimate of drug-likeness (QED) is 0.702. The third-order valence-corrected chi connectivity index (χ3v) is 4.34. The molecular formula is C15H18Cl2F3N3O3. The van der Waals surface area contributed by atoms with Gasteiger partial charge in [0.2, 0.25) is 5.91 Å². The number of fused-ring (bicyclic) bond motifs is 1. The zero-order valence-electron chi connectivity index (χ0n) is 13.7. The first-order chi connectivity index (χ1) is 11.9. The van der Waals surface area contributed by atoms with Crippen LogP contribution in [0.25, 0.3) is 0 Å². The molecule has 0 fully saturated rings. The number of nitrogens with zero attached hydrogens (tertiary/aromatic N) is 1. The van der Waals surface area contributed by atoms with Gasteiger partial charge in [-0.15, -0.1) is 0 Å². The van der Waals surface area contributed by atoms with Crippen LogP contribution in [0.4, 0.5) is 18.9 Å². The number of carboxylic acids is 1. The molecule has 1 aliphatic heterocycles. The van der Waals surface area contributed by atoms with Crippen LogP contribution in [-0.4, -0.2) is 41.8 Å². The molecule has 146 valence electrons. The highest BCUT2D eigenvalue weighted by Crippen LogP contribution is 2.38. The molecule has 1 heterocycles. The molecule has 0 radical (unpaired) electrons. The molecule has 0 aromatic heterocycles. The molecule has 0 aliphatic carbocycles. The lowest BCUT2D eigenvalue weighted by molar-refractivity contribution is -0.140. The molecular weight excluding hydrogens is 398 g/mol. The van der Waals surface area contributed by atoms with E-state index in [4.69, 9.17) is 28.9 Å². The van der Waals surface area contributed by atoms with E-state index in [1.165, 1.54) is 11.0 Å². The molecule has 1 aliphatic rings. The van der Waals surface area contributed by atoms with Crippen molar-refractivity contribution >= 4 is 40.8 Å². The van der Waals surface area contributed by atoms with E-state index in [0.717, 1.165) is 0 Å². The Labute approximate surface area is 157 Å². The number of hydrogen-bond acceptors (Lipinski definition) is 4. The van der Waals surface area contributed by atoms with Crippen LogP contribution in [-0.2, 0) is 16.0 Å². The summed E-state index contributed by atoms with van der Waals surface area (Å²) in [4.78, 5) is 24.9. The van der Waals surface area contributed by atoms with E-state index < -0.39 is 36.7 Å². The number of hydrogen-bond donors (Lipinski definition) is 3. The summed E-state index contributed by atoms with van der Waals surface area (Å²) in [5.41, 5.74) is 11.1. The fourth-order valence-electron chi connectivity index (χ4n) is 2.26. The van der Waals surface area contributed by atoms with Crippen molar-refractivity contribution in [3.05, 3.63) is 27.7 Å². The lowest BCUT2D eigenvalue weighted by Gasteiger charge is -2.25. The number of carbonyl (C=O) groups excluding carboxylic acids is 1. The zero-order valence-corrected chi connectivity index (χ0v) is 15.2. The second kappa shape index (κ2) is 8.90. The summed E-state index contributed by atoms with van der Waals surface area (Å²) in [6, 6.07) is 1.41. The van der Waals surface area contributed by atoms with Crippen LogP contribution >= 0.6 is 23.2 Å². The molecule has 2 atom stereocenters. The number of anilines is 1. The van der Waals surface area contributed by atoms with Gasteiger partial charge in [0.25, 0.3) is 0 Å². The number of rotatable bonds is 3. The van der Waals surface area contributed by atoms with Crippen LogP contribution in [0.5, 0.6) is 0 Å². The van der Waals surface area contributed by atoms with Crippen LogP contribution in [0, 0.1) is 0 Å². The Balaban J connectivity index is 0.000000487. The van der Waals surface area contributed by atoms with Gasteiger partial charge in [0.05, 0.1) is 22.6 Å². The molecule has 6 nitrogen and oxygen atoms in total. The highest BCUT2D eigenvalue weighted by Gasteiger charge is 2.40. The van der Waals surface area contributed by atoms with Crippen molar-refractivity contribution < 1.29 is 27.9 Å². The first kappa shape index (κ1) is 22.5. The predicted octanol–water partition coefficient (Wildman–Crippen LogP) is 2.58. The summed E-state index contributed by atoms with van der Waals surface area (Å²) in [5.74, 6) is -1.50. The normalized spacial score (nSPS) is 17.2. The Morgan fingerprint density at radius 1 is 1.35 bits per heavy atom. The number of carboxylic acid groups (broad SMARTS) is 1. The molecule has 1 amide bonds. The molecule has 0 saturated heterocycles. The maximum absolute atomic E-state index is 12.3. The van der Waals surface area contributed by atoms with E-state index in [0.29, 0.717) is 22.7 Å². The summed E-state index contributed by atoms with van der Waals surface area (Å²) in [6.45, 7) is 0.539. The summed E-state index contributed by atoms with van der Waals surface area (Å²) in [5, 5.41) is 9.91. The Morgan fingerprint density at radius 2 is 1.85 bits per heavy atom. The van der Waals surface area contributed by atoms with Gasteiger partial charge in [-0.05, 0) is 24.1 Å². The topological polar surface area (TPSA) is 110 Å². The predicted molar refractivity (Wildman–Crippen MR) is 92.5 cm³/mol. The van der Waals surface area contributed by atoms with E-state index in [1.54, 1.807) is 13.0 Å². The fourth-order valence-corrected chi connectivity index (χ4v) is 2.60. The first-order valence-electron chi connectivity index (χ1n) is 7.49. The summed E-state index contributed by atoms with van der Waals surface area (Å²) < 4.78 is 32.0. The van der Waals surface area contributed by atoms with Gasteiger partial charge >= 0.3 is 12.1 Å². The molecule has 2 rings (SSSR count). The SMILES string of the molecule is CC[C@H](N)C(=O)N1c2cc(Cl)c(Cl)cc2C[C@H]1C(=O)O.NCC(F)(F)F. The third kappa shape index (κ3) is 5.47. The largest absolute Gasteiger partial charge is 0.480 e. The van der Waals surface area contributed by atoms with E-state index >= 15 is 0 Å². The van der Waals surface area contributed by atoms with Gasteiger partial charge in [-0.1, -0.05) is 30.1 Å². The third-order valence-electron chi connectivity index (χ3n) is 3.62. The average molecular weight is 416 g/mol. The summed E-state index contributed by atoms with van der Waals surface area (Å²) in [7, 11) is 0. The minimum absolute atomic E-state index is 0.198. The van der Waals surface area contributed by atoms with Crippen LogP contribution in [0.2, 0.25) is 10.0 Å². The molecule has 0 unspecified atom stereocenters. The van der Waals surface area contributed by atoms with Gasteiger partial charge in [0.15, 0.2) is 0 Å². The number of halogens is 5. The van der Waals surface area contributed by atoms with E-state index in [9.17, 15) is 27.9 Å². The van der Waals surface area contributed by atoms with Crippen molar-refractivity contribution in [1.29, 1.82) is 0 Å². The number of alkyl halides is 3. The second-order valence-corrected chi connectivity index (χ2v) is 6.31. The number of carbonyl (C=O) groups is 2. The molecule has 5 N–H and O–H groups in total. The Bertz CT molecular complexity index is 686. The van der Waals surface area contributed by atoms with E-state index in [2.05, 4.69) is 5.73 Å². The van der Waals surface area contributed by atoms with Crippen molar-refractivity contribution in [2.75, 3.05) is 11.4 Å². The Hall–Kier alpha value is -1.55. The molecule has 26 heavy (non-hydrogen) atoms. The smallest absolute Gasteiger partial charge is 0.400 e. The van der Waals surface area contributed by atoms with Gasteiger partial charge in [-0.25, -0.2) is 4.79 Å². The van der Waals surface area contributed by atoms with Gasteiger partial charge < -0.3 is 16.6 Å². The van der Waals surface area contributed by atoms with Crippen LogP contribution < -0.4 is 16.4 Å². The Morgan fingerprint density at radius 3 is 2.27 bits per heavy atom. The van der Waals surface area contributed by atoms with Crippen molar-refractivity contribution in [2.24, 2.45) is 11.5 Å². The average Bonchev–Trinajstić information content (AvgIpc) is 2.92. The minimum Gasteiger partial charge on any atom is -0.480 e. The van der Waals surface area contributed by atoms with Crippen molar-refractivity contribution in [1.82, 2.24) is 0 Å². The number of nitrogens with two attached hydrogens (primary N) is 2. The first-order valence-corrected chi connectivity index (χ1v) is 8.24. The standard InChI is InChI=1S/C13H14Cl2N2O3.C2H4F3N/c1-2-9(16)12(18)17-10-5-8(15)7(14)3-6(10)4-11(17)13(19)20;3-2(4,5)1-6/h3,5,9,11H,2,4,16H2,1H3,(H,19,20);1,6H2/t9-,11-;/m0./s1. The Kier molecular flexibility index (Phi) is 7.70. The van der Waals surface area contributed by atoms with E-state index in [1.807, 2.05) is 0 Å². The maximum atomic E-state index is 12.3. The minimum atomic E-state index is -4.18. The molecule has 0 saturated carbocycles. The van der Waals surface area contributed by atoms with Crippen molar-refractivity contribution in [3.63, 3.8) is 0 Å². The van der Waals surface area contributed by atoms with Gasteiger partial charge in [-0.3, -0.25) is 9.69 Å².